The molecule has 0 radical (unpaired) electrons. The summed E-state index contributed by atoms with van der Waals surface area (Å²) in [5.74, 6) is 0.550. The van der Waals surface area contributed by atoms with Crippen molar-refractivity contribution in [3.63, 3.8) is 0 Å². The molecule has 1 aliphatic heterocycles. The fourth-order valence-electron chi connectivity index (χ4n) is 3.62. The quantitative estimate of drug-likeness (QED) is 0.409. The predicted octanol–water partition coefficient (Wildman–Crippen LogP) is 2.72. The molecule has 0 spiro atoms. The van der Waals surface area contributed by atoms with E-state index >= 15 is 0 Å². The average molecular weight is 453 g/mol. The van der Waals surface area contributed by atoms with Crippen LogP contribution in [-0.2, 0) is 0 Å². The highest BCUT2D eigenvalue weighted by molar-refractivity contribution is 5.94. The van der Waals surface area contributed by atoms with Crippen LogP contribution in [0.4, 0.5) is 5.69 Å². The number of methoxy groups -OCH3 is 2. The van der Waals surface area contributed by atoms with Gasteiger partial charge in [0, 0.05) is 43.4 Å². The van der Waals surface area contributed by atoms with Gasteiger partial charge in [-0.25, -0.2) is 0 Å². The number of likely N-dealkylation sites (N-methyl/N-ethyl adjacent to an activating group) is 1. The summed E-state index contributed by atoms with van der Waals surface area (Å²) in [7, 11) is 4.75. The van der Waals surface area contributed by atoms with Gasteiger partial charge in [0.05, 0.1) is 24.7 Å². The number of rotatable bonds is 6. The molecule has 1 fully saturated rings. The van der Waals surface area contributed by atoms with Gasteiger partial charge in [-0.3, -0.25) is 14.9 Å². The van der Waals surface area contributed by atoms with Crippen LogP contribution in [-0.4, -0.2) is 78.2 Å². The third-order valence-electron chi connectivity index (χ3n) is 5.51. The van der Waals surface area contributed by atoms with Crippen LogP contribution in [0.3, 0.4) is 0 Å². The molecule has 0 bridgehead atoms. The number of carbonyl (C=O) groups excluding carboxylic acids is 1. The lowest BCUT2D eigenvalue weighted by atomic mass is 10.1. The number of nitro groups is 1. The maximum absolute atomic E-state index is 12.7. The number of hydrogen-bond acceptors (Lipinski definition) is 9. The minimum Gasteiger partial charge on any atom is -0.493 e. The van der Waals surface area contributed by atoms with E-state index in [1.165, 1.54) is 26.4 Å². The molecule has 0 unspecified atom stereocenters. The predicted molar refractivity (Wildman–Crippen MR) is 118 cm³/mol. The summed E-state index contributed by atoms with van der Waals surface area (Å²) >= 11 is 0. The lowest BCUT2D eigenvalue weighted by Crippen LogP contribution is -2.47. The van der Waals surface area contributed by atoms with Crippen LogP contribution >= 0.6 is 0 Å². The number of nitrogens with zero attached hydrogens (tertiary/aromatic N) is 5. The Morgan fingerprint density at radius 3 is 2.36 bits per heavy atom. The van der Waals surface area contributed by atoms with Gasteiger partial charge in [-0.2, -0.15) is 4.98 Å². The number of ether oxygens (including phenoxy) is 2. The molecule has 0 atom stereocenters. The number of amides is 1. The van der Waals surface area contributed by atoms with Crippen LogP contribution in [0.1, 0.15) is 10.4 Å². The maximum Gasteiger partial charge on any atom is 0.315 e. The Kier molecular flexibility index (Phi) is 6.22. The minimum atomic E-state index is -0.571. The summed E-state index contributed by atoms with van der Waals surface area (Å²) in [6, 6.07) is 9.77. The fraction of sp³-hybridized carbons (Fsp3) is 0.318. The average Bonchev–Trinajstić information content (AvgIpc) is 3.33. The largest absolute Gasteiger partial charge is 0.493 e. The zero-order valence-electron chi connectivity index (χ0n) is 18.5. The number of piperazine rings is 1. The second-order valence-corrected chi connectivity index (χ2v) is 7.58. The zero-order chi connectivity index (χ0) is 23.5. The first-order valence-electron chi connectivity index (χ1n) is 10.2. The summed E-state index contributed by atoms with van der Waals surface area (Å²) in [5, 5.41) is 15.4. The second kappa shape index (κ2) is 9.25. The number of benzene rings is 2. The topological polar surface area (TPSA) is 124 Å². The van der Waals surface area contributed by atoms with Gasteiger partial charge in [-0.1, -0.05) is 17.3 Å². The van der Waals surface area contributed by atoms with Crippen LogP contribution in [0.5, 0.6) is 11.5 Å². The van der Waals surface area contributed by atoms with E-state index < -0.39 is 4.92 Å². The van der Waals surface area contributed by atoms with Crippen molar-refractivity contribution in [2.24, 2.45) is 0 Å². The third kappa shape index (κ3) is 4.48. The zero-order valence-corrected chi connectivity index (χ0v) is 18.5. The molecule has 1 aromatic heterocycles. The van der Waals surface area contributed by atoms with E-state index in [1.807, 2.05) is 11.9 Å². The lowest BCUT2D eigenvalue weighted by molar-refractivity contribution is -0.385. The molecule has 11 heteroatoms. The molecule has 0 aliphatic carbocycles. The van der Waals surface area contributed by atoms with E-state index in [0.29, 0.717) is 35.6 Å². The first-order chi connectivity index (χ1) is 15.9. The van der Waals surface area contributed by atoms with Crippen LogP contribution in [0.15, 0.2) is 40.9 Å². The molecule has 2 heterocycles. The van der Waals surface area contributed by atoms with Gasteiger partial charge in [0.15, 0.2) is 5.75 Å². The Morgan fingerprint density at radius 1 is 1.06 bits per heavy atom. The van der Waals surface area contributed by atoms with Crippen LogP contribution in [0.2, 0.25) is 0 Å². The third-order valence-corrected chi connectivity index (χ3v) is 5.51. The Bertz CT molecular complexity index is 1170. The van der Waals surface area contributed by atoms with Crippen LogP contribution in [0.25, 0.3) is 22.8 Å². The van der Waals surface area contributed by atoms with Gasteiger partial charge in [-0.15, -0.1) is 0 Å². The number of hydrogen-bond donors (Lipinski definition) is 0. The van der Waals surface area contributed by atoms with Crippen molar-refractivity contribution in [1.29, 1.82) is 0 Å². The highest BCUT2D eigenvalue weighted by Gasteiger charge is 2.25. The minimum absolute atomic E-state index is 0.00611. The normalized spacial score (nSPS) is 14.2. The van der Waals surface area contributed by atoms with Gasteiger partial charge in [0.1, 0.15) is 0 Å². The molecule has 11 nitrogen and oxygen atoms in total. The summed E-state index contributed by atoms with van der Waals surface area (Å²) in [6.07, 6.45) is 0. The molecule has 1 amide bonds. The molecule has 2 aromatic carbocycles. The first-order valence-corrected chi connectivity index (χ1v) is 10.2. The van der Waals surface area contributed by atoms with Crippen molar-refractivity contribution in [2.45, 2.75) is 0 Å². The first kappa shape index (κ1) is 22.2. The van der Waals surface area contributed by atoms with Gasteiger partial charge in [0.2, 0.25) is 11.6 Å². The maximum atomic E-state index is 12.7. The highest BCUT2D eigenvalue weighted by Crippen LogP contribution is 2.40. The van der Waals surface area contributed by atoms with Crippen molar-refractivity contribution in [3.05, 3.63) is 52.1 Å². The molecule has 172 valence electrons. The van der Waals surface area contributed by atoms with E-state index in [2.05, 4.69) is 15.0 Å². The van der Waals surface area contributed by atoms with E-state index in [1.54, 1.807) is 24.3 Å². The molecule has 1 aliphatic rings. The van der Waals surface area contributed by atoms with Crippen molar-refractivity contribution >= 4 is 11.6 Å². The number of carbonyl (C=O) groups is 1. The summed E-state index contributed by atoms with van der Waals surface area (Å²) < 4.78 is 15.7. The molecule has 0 saturated carbocycles. The van der Waals surface area contributed by atoms with E-state index in [4.69, 9.17) is 14.0 Å². The Morgan fingerprint density at radius 2 is 1.76 bits per heavy atom. The van der Waals surface area contributed by atoms with Crippen LogP contribution < -0.4 is 9.47 Å². The molecular weight excluding hydrogens is 430 g/mol. The molecule has 4 rings (SSSR count). The van der Waals surface area contributed by atoms with Crippen molar-refractivity contribution in [3.8, 4) is 34.3 Å². The monoisotopic (exact) mass is 453 g/mol. The molecule has 3 aromatic rings. The van der Waals surface area contributed by atoms with E-state index in [9.17, 15) is 14.9 Å². The van der Waals surface area contributed by atoms with Crippen LogP contribution in [0, 0.1) is 10.1 Å². The van der Waals surface area contributed by atoms with Crippen molar-refractivity contribution in [2.75, 3.05) is 47.4 Å². The smallest absolute Gasteiger partial charge is 0.315 e. The Labute approximate surface area is 189 Å². The molecular formula is C22H23N5O6. The van der Waals surface area contributed by atoms with Gasteiger partial charge < -0.3 is 23.8 Å². The van der Waals surface area contributed by atoms with Gasteiger partial charge in [0.25, 0.3) is 11.8 Å². The summed E-state index contributed by atoms with van der Waals surface area (Å²) in [6.45, 7) is 3.10. The van der Waals surface area contributed by atoms with E-state index in [-0.39, 0.29) is 29.0 Å². The molecule has 33 heavy (non-hydrogen) atoms. The van der Waals surface area contributed by atoms with E-state index in [0.717, 1.165) is 13.1 Å². The standard InChI is InChI=1S/C22H23N5O6/c1-25-8-10-26(11-9-25)22(28)15-6-4-14(5-7-15)20-23-21(33-24-20)16-12-17(27(29)30)19(32-3)18(13-16)31-2/h4-7,12-13H,8-11H2,1-3H3. The number of nitro benzene ring substituents is 1. The van der Waals surface area contributed by atoms with Gasteiger partial charge >= 0.3 is 5.69 Å². The van der Waals surface area contributed by atoms with Crippen molar-refractivity contribution in [1.82, 2.24) is 19.9 Å². The SMILES string of the molecule is COc1cc(-c2nc(-c3ccc(C(=O)N4CCN(C)CC4)cc3)no2)cc([N+](=O)[O-])c1OC. The lowest BCUT2D eigenvalue weighted by Gasteiger charge is -2.32. The Hall–Kier alpha value is -3.99. The summed E-state index contributed by atoms with van der Waals surface area (Å²) in [5.41, 5.74) is 1.27. The van der Waals surface area contributed by atoms with Crippen molar-refractivity contribution < 1.29 is 23.7 Å². The molecule has 0 N–H and O–H groups in total. The van der Waals surface area contributed by atoms with Gasteiger partial charge in [-0.05, 0) is 25.2 Å². The second-order valence-electron chi connectivity index (χ2n) is 7.58. The number of aromatic nitrogens is 2. The molecule has 1 saturated heterocycles. The summed E-state index contributed by atoms with van der Waals surface area (Å²) in [4.78, 5) is 32.0. The fourth-order valence-corrected chi connectivity index (χ4v) is 3.62. The highest BCUT2D eigenvalue weighted by atomic mass is 16.6. The Balaban J connectivity index is 1.57.